The highest BCUT2D eigenvalue weighted by Gasteiger charge is 2.28. The predicted molar refractivity (Wildman–Crippen MR) is 121 cm³/mol. The Balaban J connectivity index is 2.22. The fourth-order valence-electron chi connectivity index (χ4n) is 3.31. The minimum Gasteiger partial charge on any atom is -0.483 e. The molecule has 2 amide bonds. The average molecular weight is 431 g/mol. The van der Waals surface area contributed by atoms with Gasteiger partial charge in [0.25, 0.3) is 5.91 Å². The molecule has 0 aliphatic rings. The lowest BCUT2D eigenvalue weighted by Gasteiger charge is -2.30. The number of nitrogens with one attached hydrogen (secondary N) is 1. The van der Waals surface area contributed by atoms with E-state index in [9.17, 15) is 9.59 Å². The molecule has 0 aliphatic heterocycles. The van der Waals surface area contributed by atoms with Crippen molar-refractivity contribution in [2.75, 3.05) is 13.2 Å². The van der Waals surface area contributed by atoms with Crippen LogP contribution in [0.4, 0.5) is 0 Å². The van der Waals surface area contributed by atoms with Crippen molar-refractivity contribution in [3.8, 4) is 5.75 Å². The molecule has 30 heavy (non-hydrogen) atoms. The van der Waals surface area contributed by atoms with Crippen molar-refractivity contribution in [2.45, 2.75) is 52.6 Å². The lowest BCUT2D eigenvalue weighted by atomic mass is 10.0. The highest BCUT2D eigenvalue weighted by molar-refractivity contribution is 6.30. The first-order valence-electron chi connectivity index (χ1n) is 10.4. The van der Waals surface area contributed by atoms with Gasteiger partial charge in [-0.1, -0.05) is 62.7 Å². The van der Waals surface area contributed by atoms with E-state index in [0.29, 0.717) is 30.3 Å². The monoisotopic (exact) mass is 430 g/mol. The Bertz CT molecular complexity index is 837. The van der Waals surface area contributed by atoms with E-state index in [1.807, 2.05) is 50.2 Å². The van der Waals surface area contributed by atoms with Gasteiger partial charge in [-0.05, 0) is 48.6 Å². The van der Waals surface area contributed by atoms with Crippen LogP contribution >= 0.6 is 11.6 Å². The molecule has 2 aromatic rings. The van der Waals surface area contributed by atoms with Crippen LogP contribution in [0.1, 0.15) is 51.2 Å². The van der Waals surface area contributed by atoms with Crippen LogP contribution in [0.5, 0.6) is 5.75 Å². The van der Waals surface area contributed by atoms with Crippen molar-refractivity contribution in [3.05, 3.63) is 64.7 Å². The van der Waals surface area contributed by atoms with Crippen molar-refractivity contribution in [2.24, 2.45) is 0 Å². The third-order valence-electron chi connectivity index (χ3n) is 4.90. The van der Waals surface area contributed by atoms with Crippen LogP contribution in [0.3, 0.4) is 0 Å². The third kappa shape index (κ3) is 6.49. The van der Waals surface area contributed by atoms with E-state index < -0.39 is 6.04 Å². The molecule has 0 fully saturated rings. The zero-order valence-electron chi connectivity index (χ0n) is 18.2. The Morgan fingerprint density at radius 3 is 2.33 bits per heavy atom. The maximum Gasteiger partial charge on any atom is 0.261 e. The first kappa shape index (κ1) is 23.7. The minimum absolute atomic E-state index is 0.132. The second-order valence-electron chi connectivity index (χ2n) is 7.45. The highest BCUT2D eigenvalue weighted by Crippen LogP contribution is 2.26. The summed E-state index contributed by atoms with van der Waals surface area (Å²) in [4.78, 5) is 27.4. The lowest BCUT2D eigenvalue weighted by Crippen LogP contribution is -2.50. The Kier molecular flexibility index (Phi) is 9.18. The molecule has 0 spiro atoms. The van der Waals surface area contributed by atoms with Crippen LogP contribution in [0.25, 0.3) is 0 Å². The third-order valence-corrected chi connectivity index (χ3v) is 5.15. The number of carbonyl (C=O) groups excluding carboxylic acids is 2. The number of likely N-dealkylation sites (N-methyl/N-ethyl adjacent to an activating group) is 1. The van der Waals surface area contributed by atoms with Gasteiger partial charge in [-0.15, -0.1) is 0 Å². The number of amides is 2. The van der Waals surface area contributed by atoms with E-state index in [1.165, 1.54) is 0 Å². The van der Waals surface area contributed by atoms with Gasteiger partial charge in [0.1, 0.15) is 11.8 Å². The molecule has 2 aromatic carbocycles. The summed E-state index contributed by atoms with van der Waals surface area (Å²) in [5.74, 6) is 0.574. The van der Waals surface area contributed by atoms with Crippen molar-refractivity contribution in [3.63, 3.8) is 0 Å². The highest BCUT2D eigenvalue weighted by atomic mass is 35.5. The van der Waals surface area contributed by atoms with Gasteiger partial charge in [0.2, 0.25) is 5.91 Å². The van der Waals surface area contributed by atoms with Crippen molar-refractivity contribution in [1.29, 1.82) is 0 Å². The summed E-state index contributed by atoms with van der Waals surface area (Å²) in [5.41, 5.74) is 1.95. The van der Waals surface area contributed by atoms with Crippen LogP contribution in [0, 0.1) is 0 Å². The molecule has 0 bridgehead atoms. The zero-order valence-corrected chi connectivity index (χ0v) is 18.9. The fraction of sp³-hybridized carbons (Fsp3) is 0.417. The molecule has 1 atom stereocenters. The second-order valence-corrected chi connectivity index (χ2v) is 7.88. The number of para-hydroxylation sites is 1. The van der Waals surface area contributed by atoms with Crippen LogP contribution in [-0.2, 0) is 16.1 Å². The van der Waals surface area contributed by atoms with Gasteiger partial charge in [0.15, 0.2) is 6.61 Å². The lowest BCUT2D eigenvalue weighted by molar-refractivity contribution is -0.142. The summed E-state index contributed by atoms with van der Waals surface area (Å²) in [6.45, 7) is 8.61. The van der Waals surface area contributed by atoms with Crippen LogP contribution in [-0.4, -0.2) is 35.9 Å². The summed E-state index contributed by atoms with van der Waals surface area (Å²) in [6.07, 6.45) is 0.508. The zero-order chi connectivity index (χ0) is 22.1. The Morgan fingerprint density at radius 2 is 1.73 bits per heavy atom. The van der Waals surface area contributed by atoms with Crippen LogP contribution in [0.15, 0.2) is 48.5 Å². The molecular weight excluding hydrogens is 400 g/mol. The van der Waals surface area contributed by atoms with Crippen LogP contribution in [0.2, 0.25) is 5.02 Å². The van der Waals surface area contributed by atoms with E-state index in [1.54, 1.807) is 17.0 Å². The minimum atomic E-state index is -0.572. The maximum absolute atomic E-state index is 13.2. The van der Waals surface area contributed by atoms with Crippen molar-refractivity contribution < 1.29 is 14.3 Å². The molecule has 1 unspecified atom stereocenters. The molecule has 6 heteroatoms. The summed E-state index contributed by atoms with van der Waals surface area (Å²) < 4.78 is 5.89. The van der Waals surface area contributed by atoms with Gasteiger partial charge >= 0.3 is 0 Å². The molecule has 0 heterocycles. The smallest absolute Gasteiger partial charge is 0.261 e. The van der Waals surface area contributed by atoms with Gasteiger partial charge in [-0.3, -0.25) is 9.59 Å². The fourth-order valence-corrected chi connectivity index (χ4v) is 3.44. The van der Waals surface area contributed by atoms with Crippen molar-refractivity contribution >= 4 is 23.4 Å². The van der Waals surface area contributed by atoms with Gasteiger partial charge in [-0.25, -0.2) is 0 Å². The number of hydrogen-bond donors (Lipinski definition) is 1. The van der Waals surface area contributed by atoms with Crippen molar-refractivity contribution in [1.82, 2.24) is 10.2 Å². The van der Waals surface area contributed by atoms with Crippen LogP contribution < -0.4 is 10.1 Å². The van der Waals surface area contributed by atoms with Gasteiger partial charge in [0.05, 0.1) is 0 Å². The molecular formula is C24H31ClN2O3. The molecule has 5 nitrogen and oxygen atoms in total. The molecule has 0 radical (unpaired) electrons. The topological polar surface area (TPSA) is 58.6 Å². The van der Waals surface area contributed by atoms with E-state index >= 15 is 0 Å². The van der Waals surface area contributed by atoms with Gasteiger partial charge < -0.3 is 15.0 Å². The number of halogens is 1. The standard InChI is InChI=1S/C24H31ClN2O3/c1-5-21(24(29)26-6-2)27(15-18-11-13-19(25)14-12-18)23(28)16-30-22-10-8-7-9-20(22)17(3)4/h7-14,17,21H,5-6,15-16H2,1-4H3,(H,26,29). The number of carbonyl (C=O) groups is 2. The second kappa shape index (κ2) is 11.6. The molecule has 2 rings (SSSR count). The summed E-state index contributed by atoms with van der Waals surface area (Å²) in [7, 11) is 0. The van der Waals surface area contributed by atoms with Gasteiger partial charge in [-0.2, -0.15) is 0 Å². The predicted octanol–water partition coefficient (Wildman–Crippen LogP) is 4.79. The summed E-state index contributed by atoms with van der Waals surface area (Å²) in [5, 5.41) is 3.46. The number of nitrogens with zero attached hydrogens (tertiary/aromatic N) is 1. The first-order chi connectivity index (χ1) is 14.4. The quantitative estimate of drug-likeness (QED) is 0.589. The Morgan fingerprint density at radius 1 is 1.07 bits per heavy atom. The molecule has 0 aromatic heterocycles. The molecule has 162 valence electrons. The number of benzene rings is 2. The van der Waals surface area contributed by atoms with E-state index in [0.717, 1.165) is 11.1 Å². The Hall–Kier alpha value is -2.53. The molecule has 0 aliphatic carbocycles. The van der Waals surface area contributed by atoms with Gasteiger partial charge in [0, 0.05) is 18.1 Å². The maximum atomic E-state index is 13.2. The molecule has 0 saturated heterocycles. The first-order valence-corrected chi connectivity index (χ1v) is 10.8. The van der Waals surface area contributed by atoms with E-state index in [-0.39, 0.29) is 24.3 Å². The average Bonchev–Trinajstić information content (AvgIpc) is 2.73. The van der Waals surface area contributed by atoms with E-state index in [2.05, 4.69) is 19.2 Å². The summed E-state index contributed by atoms with van der Waals surface area (Å²) in [6, 6.07) is 14.4. The normalized spacial score (nSPS) is 11.8. The number of rotatable bonds is 10. The van der Waals surface area contributed by atoms with E-state index in [4.69, 9.17) is 16.3 Å². The number of hydrogen-bond acceptors (Lipinski definition) is 3. The number of ether oxygens (including phenoxy) is 1. The SMILES string of the molecule is CCNC(=O)C(CC)N(Cc1ccc(Cl)cc1)C(=O)COc1ccccc1C(C)C. The summed E-state index contributed by atoms with van der Waals surface area (Å²) >= 11 is 5.99. The largest absolute Gasteiger partial charge is 0.483 e. The Labute approximate surface area is 184 Å². The molecule has 1 N–H and O–H groups in total. The molecule has 0 saturated carbocycles.